The van der Waals surface area contributed by atoms with Crippen LogP contribution >= 0.6 is 0 Å². The monoisotopic (exact) mass is 460 g/mol. The minimum Gasteiger partial charge on any atom is -0.462 e. The molecular formula is C24H23F3N2O4. The Hall–Kier alpha value is -3.17. The zero-order valence-corrected chi connectivity index (χ0v) is 18.0. The van der Waals surface area contributed by atoms with Crippen LogP contribution in [0.1, 0.15) is 22.8 Å². The van der Waals surface area contributed by atoms with Crippen molar-refractivity contribution in [2.75, 3.05) is 26.4 Å². The zero-order valence-electron chi connectivity index (χ0n) is 18.0. The average Bonchev–Trinajstić information content (AvgIpc) is 3.23. The Bertz CT molecular complexity index is 1110. The second-order valence-corrected chi connectivity index (χ2v) is 7.53. The summed E-state index contributed by atoms with van der Waals surface area (Å²) < 4.78 is 59.7. The molecule has 1 aromatic heterocycles. The first-order chi connectivity index (χ1) is 15.9. The van der Waals surface area contributed by atoms with Crippen LogP contribution in [0, 0.1) is 0 Å². The Kier molecular flexibility index (Phi) is 6.80. The molecule has 0 unspecified atom stereocenters. The van der Waals surface area contributed by atoms with Gasteiger partial charge in [-0.15, -0.1) is 0 Å². The SMILES string of the molecule is CCOC(=O)c1ccc(-c2nn(C[C@H]3COCCO3)cc2-c2ccccc2)c(C(F)(F)F)c1. The van der Waals surface area contributed by atoms with E-state index < -0.39 is 17.7 Å². The average molecular weight is 460 g/mol. The third-order valence-electron chi connectivity index (χ3n) is 5.21. The molecule has 33 heavy (non-hydrogen) atoms. The van der Waals surface area contributed by atoms with Gasteiger partial charge in [0.15, 0.2) is 0 Å². The molecule has 9 heteroatoms. The number of hydrogen-bond acceptors (Lipinski definition) is 5. The summed E-state index contributed by atoms with van der Waals surface area (Å²) >= 11 is 0. The van der Waals surface area contributed by atoms with Crippen molar-refractivity contribution in [3.8, 4) is 22.4 Å². The van der Waals surface area contributed by atoms with E-state index in [9.17, 15) is 18.0 Å². The topological polar surface area (TPSA) is 62.6 Å². The van der Waals surface area contributed by atoms with E-state index in [4.69, 9.17) is 14.2 Å². The molecule has 1 saturated heterocycles. The molecule has 1 aliphatic heterocycles. The Morgan fingerprint density at radius 2 is 1.94 bits per heavy atom. The number of halogens is 3. The lowest BCUT2D eigenvalue weighted by Gasteiger charge is -2.22. The second kappa shape index (κ2) is 9.76. The first-order valence-electron chi connectivity index (χ1n) is 10.6. The van der Waals surface area contributed by atoms with Gasteiger partial charge in [-0.25, -0.2) is 4.79 Å². The number of rotatable bonds is 6. The maximum Gasteiger partial charge on any atom is 0.417 e. The molecule has 1 atom stereocenters. The van der Waals surface area contributed by atoms with Crippen LogP contribution in [0.15, 0.2) is 54.7 Å². The molecule has 0 saturated carbocycles. The highest BCUT2D eigenvalue weighted by molar-refractivity contribution is 5.91. The van der Waals surface area contributed by atoms with Gasteiger partial charge in [-0.3, -0.25) is 4.68 Å². The summed E-state index contributed by atoms with van der Waals surface area (Å²) in [5.41, 5.74) is 0.201. The number of ether oxygens (including phenoxy) is 3. The standard InChI is InChI=1S/C24H23F3N2O4/c1-2-32-23(30)17-8-9-19(21(12-17)24(25,26)27)22-20(16-6-4-3-5-7-16)14-29(28-22)13-18-15-31-10-11-33-18/h3-9,12,14,18H,2,10-11,13,15H2,1H3/t18-/m0/s1. The van der Waals surface area contributed by atoms with Crippen molar-refractivity contribution in [1.29, 1.82) is 0 Å². The first kappa shape index (κ1) is 23.0. The number of carbonyl (C=O) groups is 1. The largest absolute Gasteiger partial charge is 0.462 e. The Labute approximate surface area is 188 Å². The number of nitrogens with zero attached hydrogens (tertiary/aromatic N) is 2. The third kappa shape index (κ3) is 5.26. The molecule has 2 heterocycles. The van der Waals surface area contributed by atoms with Gasteiger partial charge in [0.25, 0.3) is 0 Å². The summed E-state index contributed by atoms with van der Waals surface area (Å²) in [6.07, 6.45) is -3.24. The molecule has 0 spiro atoms. The Morgan fingerprint density at radius 3 is 2.61 bits per heavy atom. The molecule has 0 amide bonds. The van der Waals surface area contributed by atoms with Crippen LogP contribution in [-0.4, -0.2) is 48.3 Å². The maximum absolute atomic E-state index is 14.1. The molecule has 1 aliphatic rings. The number of hydrogen-bond donors (Lipinski definition) is 0. The molecule has 0 radical (unpaired) electrons. The van der Waals surface area contributed by atoms with Crippen molar-refractivity contribution in [2.45, 2.75) is 25.7 Å². The minimum absolute atomic E-state index is 0.0669. The summed E-state index contributed by atoms with van der Waals surface area (Å²) in [6.45, 7) is 3.35. The van der Waals surface area contributed by atoms with Crippen LogP contribution in [0.3, 0.4) is 0 Å². The highest BCUT2D eigenvalue weighted by atomic mass is 19.4. The van der Waals surface area contributed by atoms with Gasteiger partial charge in [0, 0.05) is 17.3 Å². The fourth-order valence-electron chi connectivity index (χ4n) is 3.72. The Balaban J connectivity index is 1.81. The summed E-state index contributed by atoms with van der Waals surface area (Å²) in [7, 11) is 0. The van der Waals surface area contributed by atoms with Gasteiger partial charge in [0.2, 0.25) is 0 Å². The number of esters is 1. The molecule has 3 aromatic rings. The summed E-state index contributed by atoms with van der Waals surface area (Å²) in [4.78, 5) is 12.1. The van der Waals surface area contributed by atoms with E-state index in [-0.39, 0.29) is 29.5 Å². The molecule has 6 nitrogen and oxygen atoms in total. The van der Waals surface area contributed by atoms with Crippen molar-refractivity contribution < 1.29 is 32.2 Å². The van der Waals surface area contributed by atoms with Gasteiger partial charge in [-0.2, -0.15) is 18.3 Å². The van der Waals surface area contributed by atoms with Gasteiger partial charge in [0.05, 0.1) is 44.1 Å². The van der Waals surface area contributed by atoms with Crippen molar-refractivity contribution in [3.05, 3.63) is 65.9 Å². The lowest BCUT2D eigenvalue weighted by atomic mass is 9.96. The Morgan fingerprint density at radius 1 is 1.15 bits per heavy atom. The van der Waals surface area contributed by atoms with Gasteiger partial charge in [-0.05, 0) is 24.6 Å². The van der Waals surface area contributed by atoms with E-state index in [0.717, 1.165) is 11.6 Å². The fourth-order valence-corrected chi connectivity index (χ4v) is 3.72. The third-order valence-corrected chi connectivity index (χ3v) is 5.21. The summed E-state index contributed by atoms with van der Waals surface area (Å²) in [5.74, 6) is -0.808. The number of benzene rings is 2. The van der Waals surface area contributed by atoms with E-state index in [1.54, 1.807) is 17.8 Å². The van der Waals surface area contributed by atoms with Crippen LogP contribution in [0.5, 0.6) is 0 Å². The molecule has 2 aromatic carbocycles. The predicted molar refractivity (Wildman–Crippen MR) is 115 cm³/mol. The van der Waals surface area contributed by atoms with Crippen LogP contribution in [0.2, 0.25) is 0 Å². The van der Waals surface area contributed by atoms with Crippen molar-refractivity contribution in [2.24, 2.45) is 0 Å². The smallest absolute Gasteiger partial charge is 0.417 e. The minimum atomic E-state index is -4.70. The first-order valence-corrected chi connectivity index (χ1v) is 10.6. The van der Waals surface area contributed by atoms with Crippen molar-refractivity contribution in [3.63, 3.8) is 0 Å². The predicted octanol–water partition coefficient (Wildman–Crippen LogP) is 4.83. The number of alkyl halides is 3. The van der Waals surface area contributed by atoms with Gasteiger partial charge in [-0.1, -0.05) is 36.4 Å². The van der Waals surface area contributed by atoms with Crippen molar-refractivity contribution >= 4 is 5.97 Å². The van der Waals surface area contributed by atoms with Crippen LogP contribution in [0.4, 0.5) is 13.2 Å². The molecule has 0 bridgehead atoms. The molecular weight excluding hydrogens is 437 g/mol. The van der Waals surface area contributed by atoms with E-state index in [2.05, 4.69) is 5.10 Å². The second-order valence-electron chi connectivity index (χ2n) is 7.53. The van der Waals surface area contributed by atoms with E-state index in [0.29, 0.717) is 31.9 Å². The van der Waals surface area contributed by atoms with Crippen LogP contribution < -0.4 is 0 Å². The van der Waals surface area contributed by atoms with Crippen LogP contribution in [-0.2, 0) is 26.9 Å². The number of aromatic nitrogens is 2. The van der Waals surface area contributed by atoms with Crippen LogP contribution in [0.25, 0.3) is 22.4 Å². The van der Waals surface area contributed by atoms with Crippen molar-refractivity contribution in [1.82, 2.24) is 9.78 Å². The lowest BCUT2D eigenvalue weighted by Crippen LogP contribution is -2.32. The summed E-state index contributed by atoms with van der Waals surface area (Å²) in [5, 5.41) is 4.50. The number of carbonyl (C=O) groups excluding carboxylic acids is 1. The maximum atomic E-state index is 14.1. The fraction of sp³-hybridized carbons (Fsp3) is 0.333. The van der Waals surface area contributed by atoms with Gasteiger partial charge < -0.3 is 14.2 Å². The molecule has 4 rings (SSSR count). The van der Waals surface area contributed by atoms with E-state index in [1.165, 1.54) is 12.1 Å². The normalized spacial score (nSPS) is 16.5. The van der Waals surface area contributed by atoms with Gasteiger partial charge in [0.1, 0.15) is 11.8 Å². The molecule has 174 valence electrons. The zero-order chi connectivity index (χ0) is 23.4. The lowest BCUT2D eigenvalue weighted by molar-refractivity contribution is -0.137. The highest BCUT2D eigenvalue weighted by Gasteiger charge is 2.36. The van der Waals surface area contributed by atoms with E-state index in [1.807, 2.05) is 30.3 Å². The highest BCUT2D eigenvalue weighted by Crippen LogP contribution is 2.40. The molecule has 1 fully saturated rings. The van der Waals surface area contributed by atoms with Gasteiger partial charge >= 0.3 is 12.1 Å². The summed E-state index contributed by atoms with van der Waals surface area (Å²) in [6, 6.07) is 12.5. The quantitative estimate of drug-likeness (QED) is 0.493. The molecule has 0 aliphatic carbocycles. The van der Waals surface area contributed by atoms with E-state index >= 15 is 0 Å². The molecule has 0 N–H and O–H groups in total.